The molecule has 1 saturated heterocycles. The number of halogens is 1. The first-order valence-electron chi connectivity index (χ1n) is 11.0. The Kier molecular flexibility index (Phi) is 5.82. The molecular weight excluding hydrogens is 418 g/mol. The number of nitrogens with one attached hydrogen (secondary N) is 1. The Hall–Kier alpha value is -3.31. The van der Waals surface area contributed by atoms with Gasteiger partial charge in [0.05, 0.1) is 5.52 Å². The third-order valence-corrected chi connectivity index (χ3v) is 6.22. The van der Waals surface area contributed by atoms with Gasteiger partial charge in [0.25, 0.3) is 0 Å². The number of fused-ring (bicyclic) bond motifs is 1. The Labute approximate surface area is 193 Å². The Morgan fingerprint density at radius 1 is 0.812 bits per heavy atom. The molecule has 6 heteroatoms. The van der Waals surface area contributed by atoms with Crippen molar-refractivity contribution in [1.82, 2.24) is 9.97 Å². The minimum absolute atomic E-state index is 0.141. The minimum Gasteiger partial charge on any atom is -0.368 e. The minimum atomic E-state index is 0.141. The maximum Gasteiger partial charge on any atom is 0.228 e. The van der Waals surface area contributed by atoms with Gasteiger partial charge in [0.15, 0.2) is 0 Å². The van der Waals surface area contributed by atoms with E-state index in [0.717, 1.165) is 59.6 Å². The third kappa shape index (κ3) is 4.34. The Morgan fingerprint density at radius 3 is 2.31 bits per heavy atom. The van der Waals surface area contributed by atoms with E-state index in [1.807, 2.05) is 36.4 Å². The molecule has 0 radical (unpaired) electrons. The van der Waals surface area contributed by atoms with E-state index in [-0.39, 0.29) is 6.04 Å². The monoisotopic (exact) mass is 443 g/mol. The summed E-state index contributed by atoms with van der Waals surface area (Å²) in [5.41, 5.74) is 3.35. The predicted molar refractivity (Wildman–Crippen MR) is 134 cm³/mol. The van der Waals surface area contributed by atoms with Crippen molar-refractivity contribution in [2.75, 3.05) is 41.3 Å². The zero-order chi connectivity index (χ0) is 21.9. The van der Waals surface area contributed by atoms with Gasteiger partial charge in [0.1, 0.15) is 5.82 Å². The number of anilines is 3. The highest BCUT2D eigenvalue weighted by molar-refractivity contribution is 6.30. The van der Waals surface area contributed by atoms with Crippen molar-refractivity contribution in [3.8, 4) is 0 Å². The van der Waals surface area contributed by atoms with Crippen molar-refractivity contribution in [3.05, 3.63) is 89.4 Å². The molecule has 162 valence electrons. The van der Waals surface area contributed by atoms with Crippen molar-refractivity contribution in [2.24, 2.45) is 0 Å². The van der Waals surface area contributed by atoms with Crippen molar-refractivity contribution in [1.29, 1.82) is 0 Å². The molecule has 0 saturated carbocycles. The van der Waals surface area contributed by atoms with Crippen LogP contribution in [0.1, 0.15) is 18.5 Å². The summed E-state index contributed by atoms with van der Waals surface area (Å²) in [6.07, 6.45) is 0. The molecule has 1 fully saturated rings. The van der Waals surface area contributed by atoms with Crippen LogP contribution in [0.4, 0.5) is 17.5 Å². The second kappa shape index (κ2) is 9.05. The molecule has 0 bridgehead atoms. The number of rotatable bonds is 5. The maximum absolute atomic E-state index is 6.18. The van der Waals surface area contributed by atoms with Crippen LogP contribution in [0.15, 0.2) is 78.9 Å². The molecule has 32 heavy (non-hydrogen) atoms. The van der Waals surface area contributed by atoms with Gasteiger partial charge in [-0.3, -0.25) is 0 Å². The summed E-state index contributed by atoms with van der Waals surface area (Å²) >= 11 is 6.18. The van der Waals surface area contributed by atoms with Crippen LogP contribution in [-0.2, 0) is 0 Å². The second-order valence-corrected chi connectivity index (χ2v) is 8.56. The zero-order valence-corrected chi connectivity index (χ0v) is 18.8. The molecular formula is C26H26ClN5. The van der Waals surface area contributed by atoms with Gasteiger partial charge in [0, 0.05) is 48.3 Å². The topological polar surface area (TPSA) is 44.3 Å². The smallest absolute Gasteiger partial charge is 0.228 e. The summed E-state index contributed by atoms with van der Waals surface area (Å²) in [4.78, 5) is 14.5. The number of nitrogens with zero attached hydrogens (tertiary/aromatic N) is 4. The van der Waals surface area contributed by atoms with Gasteiger partial charge in [-0.15, -0.1) is 0 Å². The quantitative estimate of drug-likeness (QED) is 0.423. The molecule has 1 atom stereocenters. The van der Waals surface area contributed by atoms with Crippen molar-refractivity contribution in [3.63, 3.8) is 0 Å². The molecule has 5 nitrogen and oxygen atoms in total. The number of aromatic nitrogens is 2. The van der Waals surface area contributed by atoms with Crippen molar-refractivity contribution >= 4 is 40.0 Å². The lowest BCUT2D eigenvalue weighted by Gasteiger charge is -2.36. The molecule has 5 rings (SSSR count). The zero-order valence-electron chi connectivity index (χ0n) is 18.1. The standard InChI is InChI=1S/C26H26ClN5/c1-19(20-8-3-2-4-9-20)28-25-23-12-5-6-13-24(23)29-26(30-25)32-16-14-31(15-17-32)22-11-7-10-21(27)18-22/h2-13,18-19H,14-17H2,1H3,(H,28,29,30). The average Bonchev–Trinajstić information content (AvgIpc) is 2.84. The first-order valence-corrected chi connectivity index (χ1v) is 11.4. The van der Waals surface area contributed by atoms with Gasteiger partial charge < -0.3 is 15.1 Å². The molecule has 3 aromatic carbocycles. The van der Waals surface area contributed by atoms with Crippen LogP contribution >= 0.6 is 11.6 Å². The van der Waals surface area contributed by atoms with Crippen molar-refractivity contribution in [2.45, 2.75) is 13.0 Å². The Bertz CT molecular complexity index is 1210. The number of benzene rings is 3. The summed E-state index contributed by atoms with van der Waals surface area (Å²) in [6, 6.07) is 26.8. The summed E-state index contributed by atoms with van der Waals surface area (Å²) in [7, 11) is 0. The lowest BCUT2D eigenvalue weighted by atomic mass is 10.1. The lowest BCUT2D eigenvalue weighted by Crippen LogP contribution is -2.47. The highest BCUT2D eigenvalue weighted by Gasteiger charge is 2.21. The largest absolute Gasteiger partial charge is 0.368 e. The Morgan fingerprint density at radius 2 is 1.53 bits per heavy atom. The molecule has 0 aliphatic carbocycles. The summed E-state index contributed by atoms with van der Waals surface area (Å²) in [5, 5.41) is 5.43. The fourth-order valence-electron chi connectivity index (χ4n) is 4.18. The van der Waals surface area contributed by atoms with Crippen LogP contribution in [0.25, 0.3) is 10.9 Å². The normalized spacial score (nSPS) is 15.1. The highest BCUT2D eigenvalue weighted by atomic mass is 35.5. The van der Waals surface area contributed by atoms with Crippen LogP contribution in [0.5, 0.6) is 0 Å². The molecule has 4 aromatic rings. The fraction of sp³-hybridized carbons (Fsp3) is 0.231. The first-order chi connectivity index (χ1) is 15.7. The van der Waals surface area contributed by atoms with E-state index >= 15 is 0 Å². The molecule has 1 aromatic heterocycles. The van der Waals surface area contributed by atoms with Crippen LogP contribution in [-0.4, -0.2) is 36.1 Å². The molecule has 0 amide bonds. The maximum atomic E-state index is 6.18. The number of hydrogen-bond donors (Lipinski definition) is 1. The van der Waals surface area contributed by atoms with E-state index in [2.05, 4.69) is 64.5 Å². The molecule has 1 N–H and O–H groups in total. The first kappa shape index (κ1) is 20.6. The van der Waals surface area contributed by atoms with E-state index in [0.29, 0.717) is 0 Å². The number of hydrogen-bond acceptors (Lipinski definition) is 5. The van der Waals surface area contributed by atoms with Gasteiger partial charge >= 0.3 is 0 Å². The Balaban J connectivity index is 1.39. The summed E-state index contributed by atoms with van der Waals surface area (Å²) < 4.78 is 0. The van der Waals surface area contributed by atoms with E-state index in [4.69, 9.17) is 21.6 Å². The summed E-state index contributed by atoms with van der Waals surface area (Å²) in [5.74, 6) is 1.65. The average molecular weight is 444 g/mol. The van der Waals surface area contributed by atoms with Crippen LogP contribution in [0.2, 0.25) is 5.02 Å². The summed E-state index contributed by atoms with van der Waals surface area (Å²) in [6.45, 7) is 5.69. The van der Waals surface area contributed by atoms with Gasteiger partial charge in [-0.25, -0.2) is 4.98 Å². The fourth-order valence-corrected chi connectivity index (χ4v) is 4.37. The highest BCUT2D eigenvalue weighted by Crippen LogP contribution is 2.28. The predicted octanol–water partition coefficient (Wildman–Crippen LogP) is 5.78. The number of piperazine rings is 1. The lowest BCUT2D eigenvalue weighted by molar-refractivity contribution is 0.641. The molecule has 1 aliphatic heterocycles. The van der Waals surface area contributed by atoms with E-state index in [1.165, 1.54) is 5.56 Å². The van der Waals surface area contributed by atoms with Gasteiger partial charge in [-0.05, 0) is 42.8 Å². The second-order valence-electron chi connectivity index (χ2n) is 8.12. The molecule has 0 spiro atoms. The van der Waals surface area contributed by atoms with E-state index in [9.17, 15) is 0 Å². The molecule has 2 heterocycles. The third-order valence-electron chi connectivity index (χ3n) is 5.98. The van der Waals surface area contributed by atoms with E-state index < -0.39 is 0 Å². The number of para-hydroxylation sites is 1. The van der Waals surface area contributed by atoms with Gasteiger partial charge in [-0.1, -0.05) is 60.1 Å². The van der Waals surface area contributed by atoms with Crippen LogP contribution in [0, 0.1) is 0 Å². The van der Waals surface area contributed by atoms with Crippen LogP contribution < -0.4 is 15.1 Å². The SMILES string of the molecule is CC(Nc1nc(N2CCN(c3cccc(Cl)c3)CC2)nc2ccccc12)c1ccccc1. The van der Waals surface area contributed by atoms with Gasteiger partial charge in [-0.2, -0.15) is 4.98 Å². The van der Waals surface area contributed by atoms with Crippen LogP contribution in [0.3, 0.4) is 0 Å². The molecule has 1 unspecified atom stereocenters. The van der Waals surface area contributed by atoms with Gasteiger partial charge in [0.2, 0.25) is 5.95 Å². The van der Waals surface area contributed by atoms with Crippen molar-refractivity contribution < 1.29 is 0 Å². The van der Waals surface area contributed by atoms with E-state index in [1.54, 1.807) is 0 Å². The molecule has 1 aliphatic rings.